The summed E-state index contributed by atoms with van der Waals surface area (Å²) in [5.74, 6) is 1.16. The fraction of sp³-hybridized carbons (Fsp3) is 0.941. The van der Waals surface area contributed by atoms with E-state index >= 15 is 0 Å². The molecule has 2 bridgehead atoms. The number of hydrogen-bond donors (Lipinski definition) is 2. The first-order valence-corrected chi connectivity index (χ1v) is 8.70. The highest BCUT2D eigenvalue weighted by atomic mass is 16.6. The van der Waals surface area contributed by atoms with Crippen LogP contribution in [0, 0.1) is 11.8 Å². The molecule has 0 aromatic rings. The van der Waals surface area contributed by atoms with Gasteiger partial charge in [0.1, 0.15) is 5.60 Å². The smallest absolute Gasteiger partial charge is 0.407 e. The predicted molar refractivity (Wildman–Crippen MR) is 89.0 cm³/mol. The molecule has 0 spiro atoms. The summed E-state index contributed by atoms with van der Waals surface area (Å²) in [4.78, 5) is 14.5. The number of carbonyl (C=O) groups is 1. The molecule has 22 heavy (non-hydrogen) atoms. The van der Waals surface area contributed by atoms with Crippen molar-refractivity contribution in [1.82, 2.24) is 15.5 Å². The highest BCUT2D eigenvalue weighted by molar-refractivity contribution is 5.68. The number of fused-ring (bicyclic) bond motifs is 2. The molecule has 0 saturated carbocycles. The molecule has 2 saturated heterocycles. The molecule has 4 atom stereocenters. The Bertz CT molecular complexity index is 379. The number of rotatable bonds is 5. The molecule has 0 radical (unpaired) electrons. The minimum atomic E-state index is -0.449. The second kappa shape index (κ2) is 7.18. The van der Waals surface area contributed by atoms with Gasteiger partial charge in [0.15, 0.2) is 0 Å². The van der Waals surface area contributed by atoms with Gasteiger partial charge in [-0.2, -0.15) is 0 Å². The SMILES string of the molecule is CC(C)C(CNC1CCN2CCC1C2)NC(=O)OC(C)(C)C. The molecule has 2 aliphatic rings. The van der Waals surface area contributed by atoms with Crippen LogP contribution in [0.1, 0.15) is 47.5 Å². The van der Waals surface area contributed by atoms with Crippen LogP contribution in [0.5, 0.6) is 0 Å². The van der Waals surface area contributed by atoms with E-state index in [0.717, 1.165) is 12.5 Å². The van der Waals surface area contributed by atoms with E-state index in [1.165, 1.54) is 32.5 Å². The molecule has 4 unspecified atom stereocenters. The van der Waals surface area contributed by atoms with E-state index in [-0.39, 0.29) is 12.1 Å². The van der Waals surface area contributed by atoms with Crippen LogP contribution in [0.3, 0.4) is 0 Å². The zero-order chi connectivity index (χ0) is 16.3. The van der Waals surface area contributed by atoms with Crippen LogP contribution >= 0.6 is 0 Å². The fourth-order valence-electron chi connectivity index (χ4n) is 3.41. The first-order valence-electron chi connectivity index (χ1n) is 8.70. The normalized spacial score (nSPS) is 29.5. The van der Waals surface area contributed by atoms with Crippen LogP contribution in [-0.2, 0) is 4.74 Å². The third kappa shape index (κ3) is 5.13. The molecule has 1 amide bonds. The fourth-order valence-corrected chi connectivity index (χ4v) is 3.41. The van der Waals surface area contributed by atoms with Gasteiger partial charge in [0.2, 0.25) is 0 Å². The van der Waals surface area contributed by atoms with Gasteiger partial charge in [0.25, 0.3) is 0 Å². The number of piperidine rings is 1. The Kier molecular flexibility index (Phi) is 5.72. The highest BCUT2D eigenvalue weighted by Crippen LogP contribution is 2.27. The molecule has 128 valence electrons. The summed E-state index contributed by atoms with van der Waals surface area (Å²) in [5, 5.41) is 6.72. The minimum Gasteiger partial charge on any atom is -0.444 e. The van der Waals surface area contributed by atoms with Gasteiger partial charge >= 0.3 is 6.09 Å². The maximum absolute atomic E-state index is 12.0. The summed E-state index contributed by atoms with van der Waals surface area (Å²) >= 11 is 0. The predicted octanol–water partition coefficient (Wildman–Crippen LogP) is 2.22. The van der Waals surface area contributed by atoms with Gasteiger partial charge in [-0.3, -0.25) is 0 Å². The third-order valence-electron chi connectivity index (χ3n) is 4.74. The van der Waals surface area contributed by atoms with Gasteiger partial charge in [-0.15, -0.1) is 0 Å². The molecule has 2 fully saturated rings. The third-order valence-corrected chi connectivity index (χ3v) is 4.74. The average molecular weight is 311 g/mol. The first-order chi connectivity index (χ1) is 10.2. The summed E-state index contributed by atoms with van der Waals surface area (Å²) in [5.41, 5.74) is -0.449. The Morgan fingerprint density at radius 1 is 1.27 bits per heavy atom. The lowest BCUT2D eigenvalue weighted by atomic mass is 9.93. The summed E-state index contributed by atoms with van der Waals surface area (Å²) in [6.45, 7) is 14.5. The monoisotopic (exact) mass is 311 g/mol. The minimum absolute atomic E-state index is 0.106. The molecule has 2 aliphatic heterocycles. The first kappa shape index (κ1) is 17.5. The van der Waals surface area contributed by atoms with E-state index in [1.807, 2.05) is 20.8 Å². The summed E-state index contributed by atoms with van der Waals surface area (Å²) in [6, 6.07) is 0.703. The molecule has 5 heteroatoms. The summed E-state index contributed by atoms with van der Waals surface area (Å²) in [7, 11) is 0. The van der Waals surface area contributed by atoms with Crippen molar-refractivity contribution < 1.29 is 9.53 Å². The van der Waals surface area contributed by atoms with Crippen LogP contribution in [0.25, 0.3) is 0 Å². The number of hydrogen-bond acceptors (Lipinski definition) is 4. The van der Waals surface area contributed by atoms with Gasteiger partial charge in [-0.25, -0.2) is 4.79 Å². The molecule has 2 N–H and O–H groups in total. The van der Waals surface area contributed by atoms with E-state index < -0.39 is 5.60 Å². The summed E-state index contributed by atoms with van der Waals surface area (Å²) < 4.78 is 5.37. The molecule has 2 rings (SSSR count). The molecule has 0 aromatic heterocycles. The van der Waals surface area contributed by atoms with Crippen molar-refractivity contribution in [2.45, 2.75) is 65.1 Å². The number of alkyl carbamates (subject to hydrolysis) is 1. The second-order valence-corrected chi connectivity index (χ2v) is 8.15. The molecular formula is C17H33N3O2. The van der Waals surface area contributed by atoms with Crippen molar-refractivity contribution in [2.75, 3.05) is 26.2 Å². The van der Waals surface area contributed by atoms with E-state index in [0.29, 0.717) is 12.0 Å². The lowest BCUT2D eigenvalue weighted by Gasteiger charge is -2.33. The quantitative estimate of drug-likeness (QED) is 0.817. The van der Waals surface area contributed by atoms with Crippen LogP contribution in [0.2, 0.25) is 0 Å². The summed E-state index contributed by atoms with van der Waals surface area (Å²) in [6.07, 6.45) is 2.22. The zero-order valence-corrected chi connectivity index (χ0v) is 14.8. The number of carbonyl (C=O) groups excluding carboxylic acids is 1. The lowest BCUT2D eigenvalue weighted by molar-refractivity contribution is 0.0487. The van der Waals surface area contributed by atoms with Crippen molar-refractivity contribution in [3.05, 3.63) is 0 Å². The number of amides is 1. The van der Waals surface area contributed by atoms with Crippen LogP contribution in [0.15, 0.2) is 0 Å². The maximum atomic E-state index is 12.0. The van der Waals surface area contributed by atoms with Gasteiger partial charge in [0.05, 0.1) is 0 Å². The molecule has 2 heterocycles. The average Bonchev–Trinajstić information content (AvgIpc) is 2.76. The lowest BCUT2D eigenvalue weighted by Crippen LogP contribution is -2.51. The second-order valence-electron chi connectivity index (χ2n) is 8.15. The molecular weight excluding hydrogens is 278 g/mol. The molecule has 5 nitrogen and oxygen atoms in total. The number of ether oxygens (including phenoxy) is 1. The maximum Gasteiger partial charge on any atom is 0.407 e. The number of nitrogens with one attached hydrogen (secondary N) is 2. The molecule has 0 aromatic carbocycles. The van der Waals surface area contributed by atoms with E-state index in [2.05, 4.69) is 29.4 Å². The Morgan fingerprint density at radius 3 is 2.59 bits per heavy atom. The van der Waals surface area contributed by atoms with Crippen LogP contribution in [-0.4, -0.2) is 54.9 Å². The van der Waals surface area contributed by atoms with E-state index in [9.17, 15) is 4.79 Å². The van der Waals surface area contributed by atoms with Gasteiger partial charge in [-0.05, 0) is 58.5 Å². The van der Waals surface area contributed by atoms with E-state index in [1.54, 1.807) is 0 Å². The molecule has 0 aliphatic carbocycles. The van der Waals surface area contributed by atoms with Gasteiger partial charge in [-0.1, -0.05) is 13.8 Å². The van der Waals surface area contributed by atoms with Crippen molar-refractivity contribution >= 4 is 6.09 Å². The van der Waals surface area contributed by atoms with Crippen LogP contribution < -0.4 is 10.6 Å². The van der Waals surface area contributed by atoms with Gasteiger partial charge in [0, 0.05) is 25.2 Å². The Labute approximate surface area is 135 Å². The Hall–Kier alpha value is -0.810. The standard InChI is InChI=1S/C17H33N3O2/c1-12(2)15(19-16(21)22-17(3,4)5)10-18-14-7-9-20-8-6-13(14)11-20/h12-15,18H,6-11H2,1-5H3,(H,19,21). The topological polar surface area (TPSA) is 53.6 Å². The number of nitrogens with zero attached hydrogens (tertiary/aromatic N) is 1. The largest absolute Gasteiger partial charge is 0.444 e. The zero-order valence-electron chi connectivity index (χ0n) is 14.8. The Morgan fingerprint density at radius 2 is 1.95 bits per heavy atom. The van der Waals surface area contributed by atoms with Crippen molar-refractivity contribution in [1.29, 1.82) is 0 Å². The highest BCUT2D eigenvalue weighted by Gasteiger charge is 2.34. The van der Waals surface area contributed by atoms with E-state index in [4.69, 9.17) is 4.74 Å². The van der Waals surface area contributed by atoms with Crippen LogP contribution in [0.4, 0.5) is 4.79 Å². The van der Waals surface area contributed by atoms with Crippen molar-refractivity contribution in [3.8, 4) is 0 Å². The Balaban J connectivity index is 1.80. The van der Waals surface area contributed by atoms with Crippen molar-refractivity contribution in [2.24, 2.45) is 11.8 Å². The van der Waals surface area contributed by atoms with Crippen molar-refractivity contribution in [3.63, 3.8) is 0 Å². The van der Waals surface area contributed by atoms with Gasteiger partial charge < -0.3 is 20.3 Å².